The average molecular weight is 384 g/mol. The first-order chi connectivity index (χ1) is 12.8. The molecule has 148 valence electrons. The van der Waals surface area contributed by atoms with Crippen LogP contribution in [-0.2, 0) is 25.5 Å². The van der Waals surface area contributed by atoms with Gasteiger partial charge in [0.2, 0.25) is 6.29 Å². The Kier molecular flexibility index (Phi) is 5.51. The summed E-state index contributed by atoms with van der Waals surface area (Å²) in [4.78, 5) is 22.2. The van der Waals surface area contributed by atoms with E-state index in [0.717, 1.165) is 0 Å². The van der Waals surface area contributed by atoms with Crippen molar-refractivity contribution in [3.05, 3.63) is 23.8 Å². The molecule has 2 aliphatic heterocycles. The number of carbonyl (C=O) groups is 2. The molecule has 0 spiro atoms. The molecule has 5 N–H and O–H groups in total. The standard InChI is InChI=1S/C17H20O10/c18-9-6-7(5-8-2-4-11(19)25-8)1-3-10(9)26-17-14(22)12(20)13(21)15(27-17)16(23)24/h1,3,6,8,12-15,17-18,20-22H,2,4-5H2,(H,23,24)/t8?,12-,13-,14+,15-,17+/m1/s1. The van der Waals surface area contributed by atoms with Crippen LogP contribution < -0.4 is 4.74 Å². The molecule has 3 rings (SSSR count). The lowest BCUT2D eigenvalue weighted by molar-refractivity contribution is -0.271. The molecular weight excluding hydrogens is 364 g/mol. The van der Waals surface area contributed by atoms with Gasteiger partial charge in [-0.15, -0.1) is 0 Å². The molecule has 10 nitrogen and oxygen atoms in total. The molecule has 2 saturated heterocycles. The highest BCUT2D eigenvalue weighted by molar-refractivity contribution is 5.73. The maximum absolute atomic E-state index is 11.1. The van der Waals surface area contributed by atoms with Crippen LogP contribution in [0.4, 0.5) is 0 Å². The molecule has 1 aromatic rings. The number of aromatic hydroxyl groups is 1. The number of phenolic OH excluding ortho intramolecular Hbond substituents is 1. The molecule has 10 heteroatoms. The average Bonchev–Trinajstić information content (AvgIpc) is 3.02. The number of hydrogen-bond acceptors (Lipinski definition) is 9. The van der Waals surface area contributed by atoms with E-state index < -0.39 is 36.7 Å². The molecule has 0 bridgehead atoms. The van der Waals surface area contributed by atoms with Crippen LogP contribution in [0.3, 0.4) is 0 Å². The number of hydrogen-bond donors (Lipinski definition) is 5. The van der Waals surface area contributed by atoms with Crippen LogP contribution in [0.2, 0.25) is 0 Å². The number of benzene rings is 1. The number of cyclic esters (lactones) is 1. The fraction of sp³-hybridized carbons (Fsp3) is 0.529. The first kappa shape index (κ1) is 19.4. The monoisotopic (exact) mass is 384 g/mol. The van der Waals surface area contributed by atoms with Gasteiger partial charge in [0.15, 0.2) is 17.6 Å². The summed E-state index contributed by atoms with van der Waals surface area (Å²) in [6.07, 6.45) is -7.68. The lowest BCUT2D eigenvalue weighted by Crippen LogP contribution is -2.61. The number of carbonyl (C=O) groups excluding carboxylic acids is 1. The van der Waals surface area contributed by atoms with E-state index in [0.29, 0.717) is 24.8 Å². The largest absolute Gasteiger partial charge is 0.504 e. The number of rotatable bonds is 5. The summed E-state index contributed by atoms with van der Waals surface area (Å²) in [6, 6.07) is 4.37. The Balaban J connectivity index is 1.69. The number of esters is 1. The fourth-order valence-corrected chi connectivity index (χ4v) is 3.05. The Morgan fingerprint density at radius 2 is 1.93 bits per heavy atom. The summed E-state index contributed by atoms with van der Waals surface area (Å²) in [7, 11) is 0. The van der Waals surface area contributed by atoms with Crippen molar-refractivity contribution in [3.63, 3.8) is 0 Å². The molecule has 0 aromatic heterocycles. The van der Waals surface area contributed by atoms with Crippen molar-refractivity contribution >= 4 is 11.9 Å². The van der Waals surface area contributed by atoms with Gasteiger partial charge in [0, 0.05) is 12.8 Å². The Labute approximate surface area is 153 Å². The second-order valence-electron chi connectivity index (χ2n) is 6.51. The minimum Gasteiger partial charge on any atom is -0.504 e. The van der Waals surface area contributed by atoms with Gasteiger partial charge in [0.1, 0.15) is 24.4 Å². The van der Waals surface area contributed by atoms with Crippen molar-refractivity contribution in [2.45, 2.75) is 56.1 Å². The summed E-state index contributed by atoms with van der Waals surface area (Å²) in [6.45, 7) is 0. The summed E-state index contributed by atoms with van der Waals surface area (Å²) >= 11 is 0. The van der Waals surface area contributed by atoms with Gasteiger partial charge in [0.05, 0.1) is 0 Å². The molecule has 27 heavy (non-hydrogen) atoms. The zero-order valence-electron chi connectivity index (χ0n) is 14.1. The van der Waals surface area contributed by atoms with Crippen LogP contribution in [0.15, 0.2) is 18.2 Å². The smallest absolute Gasteiger partial charge is 0.335 e. The highest BCUT2D eigenvalue weighted by Gasteiger charge is 2.48. The number of aliphatic carboxylic acids is 1. The van der Waals surface area contributed by atoms with Crippen LogP contribution >= 0.6 is 0 Å². The van der Waals surface area contributed by atoms with E-state index in [1.165, 1.54) is 12.1 Å². The SMILES string of the molecule is O=C1CCC(Cc2ccc(O[C@H]3O[C@@H](C(=O)O)[C@H](O)[C@@H](O)[C@@H]3O)c(O)c2)O1. The van der Waals surface area contributed by atoms with E-state index in [4.69, 9.17) is 19.3 Å². The normalized spacial score (nSPS) is 33.5. The predicted octanol–water partition coefficient (Wildman–Crippen LogP) is -1.09. The second-order valence-corrected chi connectivity index (χ2v) is 6.51. The van der Waals surface area contributed by atoms with Gasteiger partial charge >= 0.3 is 11.9 Å². The first-order valence-electron chi connectivity index (χ1n) is 8.36. The van der Waals surface area contributed by atoms with E-state index >= 15 is 0 Å². The van der Waals surface area contributed by atoms with E-state index in [1.54, 1.807) is 6.07 Å². The number of ether oxygens (including phenoxy) is 3. The fourth-order valence-electron chi connectivity index (χ4n) is 3.05. The lowest BCUT2D eigenvalue weighted by Gasteiger charge is -2.38. The minimum atomic E-state index is -1.83. The van der Waals surface area contributed by atoms with Crippen molar-refractivity contribution in [1.82, 2.24) is 0 Å². The van der Waals surface area contributed by atoms with Gasteiger partial charge in [-0.3, -0.25) is 4.79 Å². The molecule has 6 atom stereocenters. The molecule has 0 saturated carbocycles. The van der Waals surface area contributed by atoms with Crippen molar-refractivity contribution < 1.29 is 49.3 Å². The van der Waals surface area contributed by atoms with Crippen LogP contribution in [0.25, 0.3) is 0 Å². The molecular formula is C17H20O10. The van der Waals surface area contributed by atoms with E-state index in [1.807, 2.05) is 0 Å². The van der Waals surface area contributed by atoms with Gasteiger partial charge < -0.3 is 39.7 Å². The second kappa shape index (κ2) is 7.69. The summed E-state index contributed by atoms with van der Waals surface area (Å²) < 4.78 is 15.4. The lowest BCUT2D eigenvalue weighted by atomic mass is 9.99. The highest BCUT2D eigenvalue weighted by Crippen LogP contribution is 2.32. The van der Waals surface area contributed by atoms with Gasteiger partial charge in [-0.25, -0.2) is 4.79 Å². The van der Waals surface area contributed by atoms with Crippen LogP contribution in [-0.4, -0.2) is 74.3 Å². The maximum atomic E-state index is 11.1. The summed E-state index contributed by atoms with van der Waals surface area (Å²) in [5, 5.41) is 48.5. The van der Waals surface area contributed by atoms with Crippen LogP contribution in [0, 0.1) is 0 Å². The van der Waals surface area contributed by atoms with Gasteiger partial charge in [0.25, 0.3) is 0 Å². The minimum absolute atomic E-state index is 0.112. The molecule has 1 aromatic carbocycles. The van der Waals surface area contributed by atoms with Gasteiger partial charge in [-0.2, -0.15) is 0 Å². The van der Waals surface area contributed by atoms with Crippen molar-refractivity contribution in [2.24, 2.45) is 0 Å². The van der Waals surface area contributed by atoms with Gasteiger partial charge in [-0.05, 0) is 24.1 Å². The Hall–Kier alpha value is -2.40. The van der Waals surface area contributed by atoms with Crippen molar-refractivity contribution in [2.75, 3.05) is 0 Å². The Morgan fingerprint density at radius 1 is 1.19 bits per heavy atom. The van der Waals surface area contributed by atoms with E-state index in [9.17, 15) is 30.0 Å². The van der Waals surface area contributed by atoms with Crippen molar-refractivity contribution in [3.8, 4) is 11.5 Å². The zero-order chi connectivity index (χ0) is 19.7. The van der Waals surface area contributed by atoms with E-state index in [2.05, 4.69) is 0 Å². The van der Waals surface area contributed by atoms with Gasteiger partial charge in [-0.1, -0.05) is 6.07 Å². The molecule has 0 radical (unpaired) electrons. The summed E-state index contributed by atoms with van der Waals surface area (Å²) in [5.41, 5.74) is 0.684. The molecule has 2 fully saturated rings. The van der Waals surface area contributed by atoms with Crippen molar-refractivity contribution in [1.29, 1.82) is 0 Å². The number of carboxylic acids is 1. The number of carboxylic acid groups (broad SMARTS) is 1. The van der Waals surface area contributed by atoms with E-state index in [-0.39, 0.29) is 23.6 Å². The number of phenols is 1. The van der Waals surface area contributed by atoms with Crippen LogP contribution in [0.5, 0.6) is 11.5 Å². The number of aliphatic hydroxyl groups excluding tert-OH is 3. The predicted molar refractivity (Wildman–Crippen MR) is 85.9 cm³/mol. The quantitative estimate of drug-likeness (QED) is 0.394. The molecule has 0 amide bonds. The molecule has 2 aliphatic rings. The first-order valence-corrected chi connectivity index (χ1v) is 8.36. The highest BCUT2D eigenvalue weighted by atomic mass is 16.7. The Morgan fingerprint density at radius 3 is 2.52 bits per heavy atom. The number of aliphatic hydroxyl groups is 3. The molecule has 2 heterocycles. The summed E-state index contributed by atoms with van der Waals surface area (Å²) in [5.74, 6) is -2.21. The zero-order valence-corrected chi connectivity index (χ0v) is 14.1. The third-order valence-electron chi connectivity index (χ3n) is 4.51. The van der Waals surface area contributed by atoms with Crippen LogP contribution in [0.1, 0.15) is 18.4 Å². The third kappa shape index (κ3) is 4.14. The maximum Gasteiger partial charge on any atom is 0.335 e. The molecule has 1 unspecified atom stereocenters. The Bertz CT molecular complexity index is 720. The molecule has 0 aliphatic carbocycles. The topological polar surface area (TPSA) is 163 Å². The third-order valence-corrected chi connectivity index (χ3v) is 4.51.